The molecule has 0 unspecified atom stereocenters. The summed E-state index contributed by atoms with van der Waals surface area (Å²) in [4.78, 5) is 11.5. The van der Waals surface area contributed by atoms with Gasteiger partial charge in [0, 0.05) is 22.9 Å². The van der Waals surface area contributed by atoms with E-state index in [0.717, 1.165) is 36.0 Å². The van der Waals surface area contributed by atoms with Crippen molar-refractivity contribution >= 4 is 16.7 Å². The summed E-state index contributed by atoms with van der Waals surface area (Å²) in [6.45, 7) is 4.44. The minimum atomic E-state index is 0.441. The summed E-state index contributed by atoms with van der Waals surface area (Å²) in [5.74, 6) is 0.857. The topological polar surface area (TPSA) is 74.1 Å². The molecule has 6 nitrogen and oxygen atoms in total. The molecule has 0 bridgehead atoms. The highest BCUT2D eigenvalue weighted by Gasteiger charge is 2.42. The second-order valence-corrected chi connectivity index (χ2v) is 8.74. The molecule has 5 rings (SSSR count). The van der Waals surface area contributed by atoms with Crippen LogP contribution in [-0.2, 0) is 4.74 Å². The maximum absolute atomic E-state index is 9.19. The molecule has 1 spiro atoms. The van der Waals surface area contributed by atoms with E-state index in [2.05, 4.69) is 26.3 Å². The van der Waals surface area contributed by atoms with Crippen molar-refractivity contribution in [3.8, 4) is 6.07 Å². The maximum Gasteiger partial charge on any atom is 0.137 e. The van der Waals surface area contributed by atoms with Gasteiger partial charge in [-0.2, -0.15) is 5.26 Å². The van der Waals surface area contributed by atoms with E-state index in [1.807, 2.05) is 18.2 Å². The van der Waals surface area contributed by atoms with Crippen molar-refractivity contribution in [3.63, 3.8) is 0 Å². The molecule has 0 radical (unpaired) electrons. The third kappa shape index (κ3) is 3.34. The van der Waals surface area contributed by atoms with Crippen molar-refractivity contribution < 1.29 is 4.74 Å². The number of rotatable bonds is 3. The Morgan fingerprint density at radius 2 is 1.89 bits per heavy atom. The Hall–Kier alpha value is -2.23. The molecule has 3 fully saturated rings. The summed E-state index contributed by atoms with van der Waals surface area (Å²) in [6, 6.07) is 8.97. The molecule has 1 aromatic heterocycles. The van der Waals surface area contributed by atoms with Crippen LogP contribution in [0.4, 0.5) is 5.82 Å². The average molecular weight is 377 g/mol. The van der Waals surface area contributed by atoms with Crippen LogP contribution in [0.1, 0.15) is 44.1 Å². The number of aromatic nitrogens is 2. The van der Waals surface area contributed by atoms with Gasteiger partial charge in [-0.3, -0.25) is 0 Å². The van der Waals surface area contributed by atoms with Crippen molar-refractivity contribution in [1.29, 1.82) is 5.26 Å². The molecule has 6 heteroatoms. The number of nitrogens with one attached hydrogen (secondary N) is 1. The van der Waals surface area contributed by atoms with E-state index in [1.54, 1.807) is 6.33 Å². The SMILES string of the molecule is N#Cc1ccc2ncnc(N[C@H]3CC[C@H](N4CCC5(CC4)COC5)CC3)c2c1. The minimum absolute atomic E-state index is 0.441. The fourth-order valence-corrected chi connectivity index (χ4v) is 5.06. The fourth-order valence-electron chi connectivity index (χ4n) is 5.06. The maximum atomic E-state index is 9.19. The van der Waals surface area contributed by atoms with E-state index in [4.69, 9.17) is 4.74 Å². The van der Waals surface area contributed by atoms with Gasteiger partial charge >= 0.3 is 0 Å². The number of benzene rings is 1. The highest BCUT2D eigenvalue weighted by molar-refractivity contribution is 5.89. The van der Waals surface area contributed by atoms with Gasteiger partial charge in [0.1, 0.15) is 12.1 Å². The molecular formula is C22H27N5O. The Bertz CT molecular complexity index is 885. The number of fused-ring (bicyclic) bond motifs is 1. The first-order valence-electron chi connectivity index (χ1n) is 10.5. The number of hydrogen-bond acceptors (Lipinski definition) is 6. The van der Waals surface area contributed by atoms with Gasteiger partial charge in [-0.25, -0.2) is 9.97 Å². The minimum Gasteiger partial charge on any atom is -0.380 e. The number of likely N-dealkylation sites (tertiary alicyclic amines) is 1. The summed E-state index contributed by atoms with van der Waals surface area (Å²) in [5, 5.41) is 13.8. The quantitative estimate of drug-likeness (QED) is 0.884. The molecule has 28 heavy (non-hydrogen) atoms. The van der Waals surface area contributed by atoms with E-state index >= 15 is 0 Å². The van der Waals surface area contributed by atoms with Crippen LogP contribution in [-0.4, -0.2) is 53.3 Å². The van der Waals surface area contributed by atoms with Crippen LogP contribution < -0.4 is 5.32 Å². The number of nitrogens with zero attached hydrogens (tertiary/aromatic N) is 4. The second-order valence-electron chi connectivity index (χ2n) is 8.74. The summed E-state index contributed by atoms with van der Waals surface area (Å²) in [7, 11) is 0. The Morgan fingerprint density at radius 1 is 1.11 bits per heavy atom. The molecule has 1 aromatic carbocycles. The van der Waals surface area contributed by atoms with Gasteiger partial charge in [-0.1, -0.05) is 0 Å². The van der Waals surface area contributed by atoms with E-state index in [0.29, 0.717) is 17.0 Å². The van der Waals surface area contributed by atoms with E-state index in [1.165, 1.54) is 51.6 Å². The van der Waals surface area contributed by atoms with Gasteiger partial charge in [0.2, 0.25) is 0 Å². The molecular weight excluding hydrogens is 350 g/mol. The molecule has 2 aliphatic heterocycles. The van der Waals surface area contributed by atoms with Gasteiger partial charge in [0.25, 0.3) is 0 Å². The molecule has 146 valence electrons. The second kappa shape index (κ2) is 7.31. The molecule has 1 N–H and O–H groups in total. The molecule has 1 saturated carbocycles. The zero-order chi connectivity index (χ0) is 19.0. The van der Waals surface area contributed by atoms with Gasteiger partial charge in [-0.15, -0.1) is 0 Å². The first-order chi connectivity index (χ1) is 13.7. The first-order valence-corrected chi connectivity index (χ1v) is 10.5. The summed E-state index contributed by atoms with van der Waals surface area (Å²) >= 11 is 0. The lowest BCUT2D eigenvalue weighted by Crippen LogP contribution is -2.53. The normalized spacial score (nSPS) is 27.2. The standard InChI is InChI=1S/C22H27N5O/c23-12-16-1-6-20-19(11-16)21(25-15-24-20)26-17-2-4-18(5-3-17)27-9-7-22(8-10-27)13-28-14-22/h1,6,11,15,17-18H,2-5,7-10,13-14H2,(H,24,25,26)/t17-,18-. The smallest absolute Gasteiger partial charge is 0.137 e. The fraction of sp³-hybridized carbons (Fsp3) is 0.591. The lowest BCUT2D eigenvalue weighted by Gasteiger charge is -2.49. The molecule has 1 aliphatic carbocycles. The number of anilines is 1. The van der Waals surface area contributed by atoms with E-state index in [-0.39, 0.29) is 0 Å². The zero-order valence-electron chi connectivity index (χ0n) is 16.2. The van der Waals surface area contributed by atoms with Gasteiger partial charge in [0.05, 0.1) is 30.4 Å². The average Bonchev–Trinajstić information content (AvgIpc) is 2.73. The Morgan fingerprint density at radius 3 is 2.57 bits per heavy atom. The number of ether oxygens (including phenoxy) is 1. The zero-order valence-corrected chi connectivity index (χ0v) is 16.2. The predicted molar refractivity (Wildman–Crippen MR) is 108 cm³/mol. The monoisotopic (exact) mass is 377 g/mol. The Labute approximate surface area is 165 Å². The lowest BCUT2D eigenvalue weighted by atomic mass is 9.76. The van der Waals surface area contributed by atoms with Crippen LogP contribution in [0.25, 0.3) is 10.9 Å². The van der Waals surface area contributed by atoms with Crippen LogP contribution in [0.2, 0.25) is 0 Å². The molecule has 2 saturated heterocycles. The number of nitriles is 1. The van der Waals surface area contributed by atoms with Crippen molar-refractivity contribution in [1.82, 2.24) is 14.9 Å². The number of piperidine rings is 1. The van der Waals surface area contributed by atoms with Crippen LogP contribution in [0, 0.1) is 16.7 Å². The van der Waals surface area contributed by atoms with Gasteiger partial charge < -0.3 is 15.0 Å². The highest BCUT2D eigenvalue weighted by Crippen LogP contribution is 2.40. The summed E-state index contributed by atoms with van der Waals surface area (Å²) < 4.78 is 5.46. The first kappa shape index (κ1) is 17.8. The predicted octanol–water partition coefficient (Wildman–Crippen LogP) is 3.34. The van der Waals surface area contributed by atoms with Crippen LogP contribution >= 0.6 is 0 Å². The van der Waals surface area contributed by atoms with Gasteiger partial charge in [-0.05, 0) is 69.8 Å². The molecule has 0 atom stereocenters. The third-order valence-corrected chi connectivity index (χ3v) is 6.99. The van der Waals surface area contributed by atoms with Crippen molar-refractivity contribution in [2.75, 3.05) is 31.6 Å². The van der Waals surface area contributed by atoms with Crippen molar-refractivity contribution in [3.05, 3.63) is 30.1 Å². The third-order valence-electron chi connectivity index (χ3n) is 6.99. The van der Waals surface area contributed by atoms with Crippen LogP contribution in [0.5, 0.6) is 0 Å². The highest BCUT2D eigenvalue weighted by atomic mass is 16.5. The van der Waals surface area contributed by atoms with Crippen LogP contribution in [0.3, 0.4) is 0 Å². The molecule has 2 aromatic rings. The van der Waals surface area contributed by atoms with E-state index in [9.17, 15) is 5.26 Å². The Kier molecular flexibility index (Phi) is 4.65. The molecule has 3 heterocycles. The van der Waals surface area contributed by atoms with Crippen molar-refractivity contribution in [2.45, 2.75) is 50.6 Å². The summed E-state index contributed by atoms with van der Waals surface area (Å²) in [5.41, 5.74) is 2.05. The van der Waals surface area contributed by atoms with Crippen LogP contribution in [0.15, 0.2) is 24.5 Å². The van der Waals surface area contributed by atoms with Gasteiger partial charge in [0.15, 0.2) is 0 Å². The Balaban J connectivity index is 1.20. The summed E-state index contributed by atoms with van der Waals surface area (Å²) in [6.07, 6.45) is 9.04. The van der Waals surface area contributed by atoms with Crippen molar-refractivity contribution in [2.24, 2.45) is 5.41 Å². The largest absolute Gasteiger partial charge is 0.380 e. The van der Waals surface area contributed by atoms with E-state index < -0.39 is 0 Å². The molecule has 3 aliphatic rings. The lowest BCUT2D eigenvalue weighted by molar-refractivity contribution is -0.143. The number of hydrogen-bond donors (Lipinski definition) is 1. The molecule has 0 amide bonds.